The molecule has 0 radical (unpaired) electrons. The fourth-order valence-electron chi connectivity index (χ4n) is 2.50. The first-order chi connectivity index (χ1) is 11.0. The minimum atomic E-state index is -0.757. The van der Waals surface area contributed by atoms with E-state index in [1.807, 2.05) is 50.2 Å². The summed E-state index contributed by atoms with van der Waals surface area (Å²) < 4.78 is 0. The highest BCUT2D eigenvalue weighted by Crippen LogP contribution is 2.10. The average molecular weight is 313 g/mol. The highest BCUT2D eigenvalue weighted by molar-refractivity contribution is 5.66. The molecule has 2 aromatic rings. The molecule has 0 saturated heterocycles. The van der Waals surface area contributed by atoms with Gasteiger partial charge < -0.3 is 5.11 Å². The molecule has 0 aliphatic carbocycles. The fraction of sp³-hybridized carbons (Fsp3) is 0.389. The van der Waals surface area contributed by atoms with Gasteiger partial charge in [0, 0.05) is 30.9 Å². The molecule has 0 unspecified atom stereocenters. The molecule has 0 aromatic carbocycles. The van der Waals surface area contributed by atoms with Gasteiger partial charge in [0.25, 0.3) is 0 Å². The van der Waals surface area contributed by atoms with Gasteiger partial charge in [-0.25, -0.2) is 0 Å². The Morgan fingerprint density at radius 1 is 1.00 bits per heavy atom. The number of aliphatic carboxylic acids is 1. The van der Waals surface area contributed by atoms with Crippen molar-refractivity contribution in [3.63, 3.8) is 0 Å². The number of aromatic nitrogens is 2. The lowest BCUT2D eigenvalue weighted by molar-refractivity contribution is -0.137. The van der Waals surface area contributed by atoms with Crippen molar-refractivity contribution in [1.82, 2.24) is 14.9 Å². The molecule has 5 nitrogen and oxygen atoms in total. The van der Waals surface area contributed by atoms with Gasteiger partial charge in [-0.3, -0.25) is 19.7 Å². The van der Waals surface area contributed by atoms with Crippen LogP contribution in [-0.4, -0.2) is 32.5 Å². The Kier molecular flexibility index (Phi) is 6.23. The first kappa shape index (κ1) is 17.1. The Morgan fingerprint density at radius 2 is 1.52 bits per heavy atom. The number of nitrogens with zero attached hydrogens (tertiary/aromatic N) is 3. The first-order valence-corrected chi connectivity index (χ1v) is 7.82. The predicted molar refractivity (Wildman–Crippen MR) is 88.9 cm³/mol. The number of hydrogen-bond donors (Lipinski definition) is 1. The summed E-state index contributed by atoms with van der Waals surface area (Å²) in [4.78, 5) is 22.0. The molecule has 1 N–H and O–H groups in total. The van der Waals surface area contributed by atoms with Gasteiger partial charge >= 0.3 is 5.97 Å². The second-order valence-electron chi connectivity index (χ2n) is 5.75. The number of carbonyl (C=O) groups is 1. The molecular weight excluding hydrogens is 290 g/mol. The molecule has 0 atom stereocenters. The lowest BCUT2D eigenvalue weighted by Crippen LogP contribution is -2.25. The van der Waals surface area contributed by atoms with E-state index in [-0.39, 0.29) is 6.42 Å². The summed E-state index contributed by atoms with van der Waals surface area (Å²) in [5, 5.41) is 8.84. The van der Waals surface area contributed by atoms with Crippen LogP contribution in [0.1, 0.15) is 35.6 Å². The van der Waals surface area contributed by atoms with Crippen molar-refractivity contribution in [2.75, 3.05) is 6.54 Å². The van der Waals surface area contributed by atoms with Gasteiger partial charge in [-0.1, -0.05) is 12.1 Å². The van der Waals surface area contributed by atoms with E-state index in [1.54, 1.807) is 0 Å². The van der Waals surface area contributed by atoms with E-state index in [9.17, 15) is 4.79 Å². The van der Waals surface area contributed by atoms with E-state index >= 15 is 0 Å². The molecule has 23 heavy (non-hydrogen) atoms. The number of pyridine rings is 2. The summed E-state index contributed by atoms with van der Waals surface area (Å²) in [6.07, 6.45) is 0.798. The van der Waals surface area contributed by atoms with Crippen molar-refractivity contribution >= 4 is 5.97 Å². The van der Waals surface area contributed by atoms with Crippen molar-refractivity contribution in [3.8, 4) is 0 Å². The van der Waals surface area contributed by atoms with Crippen LogP contribution in [0.5, 0.6) is 0 Å². The maximum absolute atomic E-state index is 10.7. The van der Waals surface area contributed by atoms with Crippen LogP contribution < -0.4 is 0 Å². The Hall–Kier alpha value is -2.27. The van der Waals surface area contributed by atoms with Crippen LogP contribution in [0.3, 0.4) is 0 Å². The molecule has 2 aromatic heterocycles. The molecule has 0 saturated carbocycles. The van der Waals surface area contributed by atoms with Crippen LogP contribution in [0.2, 0.25) is 0 Å². The van der Waals surface area contributed by atoms with Gasteiger partial charge in [0.05, 0.1) is 11.4 Å². The van der Waals surface area contributed by atoms with Crippen LogP contribution in [0, 0.1) is 13.8 Å². The second kappa shape index (κ2) is 8.39. The third-order valence-electron chi connectivity index (χ3n) is 3.53. The summed E-state index contributed by atoms with van der Waals surface area (Å²) >= 11 is 0. The van der Waals surface area contributed by atoms with Crippen molar-refractivity contribution in [2.24, 2.45) is 0 Å². The van der Waals surface area contributed by atoms with Crippen LogP contribution in [0.25, 0.3) is 0 Å². The van der Waals surface area contributed by atoms with Crippen molar-refractivity contribution in [2.45, 2.75) is 39.8 Å². The number of aryl methyl sites for hydroxylation is 2. The molecule has 0 fully saturated rings. The summed E-state index contributed by atoms with van der Waals surface area (Å²) in [6, 6.07) is 11.9. The van der Waals surface area contributed by atoms with Crippen LogP contribution in [0.15, 0.2) is 36.4 Å². The standard InChI is InChI=1S/C18H23N3O2/c1-14-6-3-8-16(19-14)12-21(11-5-10-18(22)23)13-17-9-4-7-15(2)20-17/h3-4,6-9H,5,10-13H2,1-2H3,(H,22,23). The second-order valence-corrected chi connectivity index (χ2v) is 5.75. The van der Waals surface area contributed by atoms with Gasteiger partial charge in [0.1, 0.15) is 0 Å². The SMILES string of the molecule is Cc1cccc(CN(CCCC(=O)O)Cc2cccc(C)n2)n1. The van der Waals surface area contributed by atoms with E-state index in [2.05, 4.69) is 14.9 Å². The third kappa shape index (κ3) is 6.16. The molecule has 2 rings (SSSR count). The maximum Gasteiger partial charge on any atom is 0.303 e. The molecule has 0 amide bonds. The molecule has 5 heteroatoms. The number of carboxylic acid groups (broad SMARTS) is 1. The molecule has 0 spiro atoms. The molecule has 0 aliphatic rings. The Bertz CT molecular complexity index is 611. The lowest BCUT2D eigenvalue weighted by Gasteiger charge is -2.21. The first-order valence-electron chi connectivity index (χ1n) is 7.82. The van der Waals surface area contributed by atoms with Gasteiger partial charge in [-0.2, -0.15) is 0 Å². The van der Waals surface area contributed by atoms with E-state index in [0.29, 0.717) is 26.1 Å². The van der Waals surface area contributed by atoms with Crippen LogP contribution in [-0.2, 0) is 17.9 Å². The number of hydrogen-bond acceptors (Lipinski definition) is 4. The fourth-order valence-corrected chi connectivity index (χ4v) is 2.50. The Morgan fingerprint density at radius 3 is 1.96 bits per heavy atom. The zero-order chi connectivity index (χ0) is 16.7. The largest absolute Gasteiger partial charge is 0.481 e. The van der Waals surface area contributed by atoms with Crippen molar-refractivity contribution in [3.05, 3.63) is 59.2 Å². The lowest BCUT2D eigenvalue weighted by atomic mass is 10.2. The highest BCUT2D eigenvalue weighted by atomic mass is 16.4. The number of rotatable bonds is 8. The molecule has 0 aliphatic heterocycles. The summed E-state index contributed by atoms with van der Waals surface area (Å²) in [5.74, 6) is -0.757. The summed E-state index contributed by atoms with van der Waals surface area (Å²) in [5.41, 5.74) is 3.96. The van der Waals surface area contributed by atoms with Crippen molar-refractivity contribution in [1.29, 1.82) is 0 Å². The monoisotopic (exact) mass is 313 g/mol. The smallest absolute Gasteiger partial charge is 0.303 e. The Labute approximate surface area is 137 Å². The summed E-state index contributed by atoms with van der Waals surface area (Å²) in [6.45, 7) is 6.03. The quantitative estimate of drug-likeness (QED) is 0.811. The van der Waals surface area contributed by atoms with Gasteiger partial charge in [-0.15, -0.1) is 0 Å². The van der Waals surface area contributed by atoms with E-state index in [4.69, 9.17) is 5.11 Å². The normalized spacial score (nSPS) is 10.9. The zero-order valence-electron chi connectivity index (χ0n) is 13.7. The van der Waals surface area contributed by atoms with Gasteiger partial charge in [0.2, 0.25) is 0 Å². The minimum absolute atomic E-state index is 0.180. The highest BCUT2D eigenvalue weighted by Gasteiger charge is 2.10. The predicted octanol–water partition coefficient (Wildman–Crippen LogP) is 2.96. The minimum Gasteiger partial charge on any atom is -0.481 e. The van der Waals surface area contributed by atoms with E-state index < -0.39 is 5.97 Å². The molecule has 122 valence electrons. The van der Waals surface area contributed by atoms with E-state index in [0.717, 1.165) is 22.8 Å². The zero-order valence-corrected chi connectivity index (χ0v) is 13.7. The molecule has 2 heterocycles. The van der Waals surface area contributed by atoms with Crippen LogP contribution in [0.4, 0.5) is 0 Å². The topological polar surface area (TPSA) is 66.3 Å². The Balaban J connectivity index is 2.05. The third-order valence-corrected chi connectivity index (χ3v) is 3.53. The maximum atomic E-state index is 10.7. The summed E-state index contributed by atoms with van der Waals surface area (Å²) in [7, 11) is 0. The average Bonchev–Trinajstić information content (AvgIpc) is 2.46. The van der Waals surface area contributed by atoms with Gasteiger partial charge in [0.15, 0.2) is 0 Å². The number of carboxylic acids is 1. The van der Waals surface area contributed by atoms with Crippen molar-refractivity contribution < 1.29 is 9.90 Å². The molecule has 0 bridgehead atoms. The van der Waals surface area contributed by atoms with Crippen LogP contribution >= 0.6 is 0 Å². The van der Waals surface area contributed by atoms with Gasteiger partial charge in [-0.05, 0) is 51.1 Å². The molecular formula is C18H23N3O2. The van der Waals surface area contributed by atoms with E-state index in [1.165, 1.54) is 0 Å².